The SMILES string of the molecule is Cc1c(S(=O)(=O)N2CCN(C(=O)c3c([N+](=O)[O-])cnn3C)CC2)cnn1C. The largest absolute Gasteiger partial charge is 0.334 e. The molecule has 1 saturated heterocycles. The lowest BCUT2D eigenvalue weighted by molar-refractivity contribution is -0.385. The molecule has 0 aliphatic carbocycles. The highest BCUT2D eigenvalue weighted by Crippen LogP contribution is 2.23. The van der Waals surface area contributed by atoms with E-state index in [1.54, 1.807) is 14.0 Å². The van der Waals surface area contributed by atoms with E-state index in [-0.39, 0.29) is 42.5 Å². The van der Waals surface area contributed by atoms with E-state index in [1.807, 2.05) is 0 Å². The van der Waals surface area contributed by atoms with Crippen molar-refractivity contribution >= 4 is 21.6 Å². The van der Waals surface area contributed by atoms with E-state index in [1.165, 1.54) is 27.1 Å². The molecule has 12 nitrogen and oxygen atoms in total. The van der Waals surface area contributed by atoms with Gasteiger partial charge in [0.2, 0.25) is 15.7 Å². The summed E-state index contributed by atoms with van der Waals surface area (Å²) in [5, 5.41) is 18.8. The number of aryl methyl sites for hydroxylation is 2. The zero-order valence-electron chi connectivity index (χ0n) is 15.1. The van der Waals surface area contributed by atoms with Gasteiger partial charge in [0.25, 0.3) is 5.91 Å². The van der Waals surface area contributed by atoms with Gasteiger partial charge < -0.3 is 4.90 Å². The number of amides is 1. The number of hydrogen-bond acceptors (Lipinski definition) is 7. The van der Waals surface area contributed by atoms with Gasteiger partial charge in [-0.3, -0.25) is 24.3 Å². The Kier molecular flexibility index (Phi) is 4.73. The Labute approximate surface area is 155 Å². The molecule has 0 unspecified atom stereocenters. The number of carbonyl (C=O) groups excluding carboxylic acids is 1. The normalized spacial score (nSPS) is 15.9. The van der Waals surface area contributed by atoms with Gasteiger partial charge in [-0.2, -0.15) is 14.5 Å². The van der Waals surface area contributed by atoms with E-state index in [0.29, 0.717) is 5.69 Å². The molecule has 3 rings (SSSR count). The van der Waals surface area contributed by atoms with Gasteiger partial charge in [-0.1, -0.05) is 0 Å². The van der Waals surface area contributed by atoms with Crippen molar-refractivity contribution in [1.82, 2.24) is 28.8 Å². The van der Waals surface area contributed by atoms with Crippen LogP contribution in [0.1, 0.15) is 16.2 Å². The highest BCUT2D eigenvalue weighted by atomic mass is 32.2. The van der Waals surface area contributed by atoms with E-state index in [0.717, 1.165) is 10.9 Å². The molecule has 1 fully saturated rings. The third-order valence-corrected chi connectivity index (χ3v) is 6.65. The minimum Gasteiger partial charge on any atom is -0.334 e. The summed E-state index contributed by atoms with van der Waals surface area (Å²) in [7, 11) is -0.609. The lowest BCUT2D eigenvalue weighted by Gasteiger charge is -2.33. The zero-order chi connectivity index (χ0) is 19.9. The maximum atomic E-state index is 12.8. The van der Waals surface area contributed by atoms with Crippen LogP contribution >= 0.6 is 0 Å². The molecule has 1 amide bonds. The molecular weight excluding hydrogens is 378 g/mol. The molecule has 0 atom stereocenters. The Morgan fingerprint density at radius 2 is 1.70 bits per heavy atom. The maximum Gasteiger partial charge on any atom is 0.320 e. The van der Waals surface area contributed by atoms with E-state index in [9.17, 15) is 23.3 Å². The summed E-state index contributed by atoms with van der Waals surface area (Å²) in [6.45, 7) is 2.10. The number of aromatic nitrogens is 4. The van der Waals surface area contributed by atoms with Crippen molar-refractivity contribution in [3.05, 3.63) is 33.9 Å². The van der Waals surface area contributed by atoms with Crippen molar-refractivity contribution < 1.29 is 18.1 Å². The maximum absolute atomic E-state index is 12.8. The van der Waals surface area contributed by atoms with Gasteiger partial charge in [0.1, 0.15) is 11.1 Å². The molecule has 27 heavy (non-hydrogen) atoms. The summed E-state index contributed by atoms with van der Waals surface area (Å²) >= 11 is 0. The summed E-state index contributed by atoms with van der Waals surface area (Å²) in [4.78, 5) is 24.6. The second-order valence-corrected chi connectivity index (χ2v) is 8.08. The molecule has 1 aliphatic heterocycles. The second-order valence-electron chi connectivity index (χ2n) is 6.17. The number of hydrogen-bond donors (Lipinski definition) is 0. The van der Waals surface area contributed by atoms with Crippen molar-refractivity contribution in [3.8, 4) is 0 Å². The van der Waals surface area contributed by atoms with Gasteiger partial charge in [-0.25, -0.2) is 8.42 Å². The number of sulfonamides is 1. The van der Waals surface area contributed by atoms with Crippen LogP contribution in [0.15, 0.2) is 17.3 Å². The number of carbonyl (C=O) groups is 1. The van der Waals surface area contributed by atoms with E-state index in [2.05, 4.69) is 10.2 Å². The monoisotopic (exact) mass is 397 g/mol. The minimum atomic E-state index is -3.72. The molecule has 0 aromatic carbocycles. The molecule has 13 heteroatoms. The Morgan fingerprint density at radius 1 is 1.11 bits per heavy atom. The van der Waals surface area contributed by atoms with Gasteiger partial charge in [-0.05, 0) is 6.92 Å². The van der Waals surface area contributed by atoms with Crippen LogP contribution in [0.25, 0.3) is 0 Å². The number of nitro groups is 1. The van der Waals surface area contributed by atoms with E-state index < -0.39 is 20.9 Å². The Morgan fingerprint density at radius 3 is 2.22 bits per heavy atom. The van der Waals surface area contributed by atoms with Gasteiger partial charge in [0.05, 0.1) is 16.8 Å². The van der Waals surface area contributed by atoms with Gasteiger partial charge in [0.15, 0.2) is 0 Å². The highest BCUT2D eigenvalue weighted by molar-refractivity contribution is 7.89. The fourth-order valence-electron chi connectivity index (χ4n) is 2.96. The molecular formula is C14H19N7O5S. The van der Waals surface area contributed by atoms with Crippen LogP contribution in [-0.2, 0) is 24.1 Å². The van der Waals surface area contributed by atoms with Crippen molar-refractivity contribution in [2.24, 2.45) is 14.1 Å². The molecule has 0 saturated carbocycles. The fraction of sp³-hybridized carbons (Fsp3) is 0.500. The average Bonchev–Trinajstić information content (AvgIpc) is 3.18. The first-order valence-electron chi connectivity index (χ1n) is 8.09. The Bertz CT molecular complexity index is 1000. The molecule has 0 radical (unpaired) electrons. The van der Waals surface area contributed by atoms with Crippen LogP contribution in [0.2, 0.25) is 0 Å². The van der Waals surface area contributed by atoms with Crippen molar-refractivity contribution in [2.75, 3.05) is 26.2 Å². The average molecular weight is 397 g/mol. The van der Waals surface area contributed by atoms with Crippen LogP contribution in [-0.4, -0.2) is 74.2 Å². The van der Waals surface area contributed by atoms with E-state index in [4.69, 9.17) is 0 Å². The van der Waals surface area contributed by atoms with Crippen LogP contribution in [0, 0.1) is 17.0 Å². The molecule has 3 heterocycles. The van der Waals surface area contributed by atoms with Crippen molar-refractivity contribution in [2.45, 2.75) is 11.8 Å². The summed E-state index contributed by atoms with van der Waals surface area (Å²) in [5.41, 5.74) is 0.0296. The lowest BCUT2D eigenvalue weighted by Crippen LogP contribution is -2.50. The summed E-state index contributed by atoms with van der Waals surface area (Å²) in [6, 6.07) is 0. The summed E-state index contributed by atoms with van der Waals surface area (Å²) in [6.07, 6.45) is 2.33. The van der Waals surface area contributed by atoms with Crippen LogP contribution in [0.4, 0.5) is 5.69 Å². The van der Waals surface area contributed by atoms with Crippen molar-refractivity contribution in [3.63, 3.8) is 0 Å². The topological polar surface area (TPSA) is 136 Å². The smallest absolute Gasteiger partial charge is 0.320 e. The first-order chi connectivity index (χ1) is 12.6. The second kappa shape index (κ2) is 6.74. The Balaban J connectivity index is 1.76. The molecule has 0 spiro atoms. The summed E-state index contributed by atoms with van der Waals surface area (Å²) < 4.78 is 29.5. The summed E-state index contributed by atoms with van der Waals surface area (Å²) in [5.74, 6) is -0.545. The van der Waals surface area contributed by atoms with Gasteiger partial charge >= 0.3 is 5.69 Å². The molecule has 2 aromatic heterocycles. The van der Waals surface area contributed by atoms with Gasteiger partial charge in [-0.15, -0.1) is 0 Å². The third kappa shape index (κ3) is 3.19. The van der Waals surface area contributed by atoms with Crippen LogP contribution < -0.4 is 0 Å². The van der Waals surface area contributed by atoms with E-state index >= 15 is 0 Å². The Hall–Kier alpha value is -2.80. The number of nitrogens with zero attached hydrogens (tertiary/aromatic N) is 7. The standard InChI is InChI=1S/C14H19N7O5S/c1-10-12(9-16-17(10)2)27(25,26)20-6-4-19(5-7-20)14(22)13-11(21(23)24)8-15-18(13)3/h8-9H,4-7H2,1-3H3. The number of rotatable bonds is 4. The van der Waals surface area contributed by atoms with Crippen LogP contribution in [0.5, 0.6) is 0 Å². The molecule has 0 bridgehead atoms. The quantitative estimate of drug-likeness (QED) is 0.502. The zero-order valence-corrected chi connectivity index (χ0v) is 15.9. The predicted octanol–water partition coefficient (Wildman–Crippen LogP) is -0.483. The first kappa shape index (κ1) is 19.0. The van der Waals surface area contributed by atoms with Gasteiger partial charge in [0, 0.05) is 40.3 Å². The molecule has 146 valence electrons. The predicted molar refractivity (Wildman–Crippen MR) is 92.5 cm³/mol. The lowest BCUT2D eigenvalue weighted by atomic mass is 10.3. The molecule has 1 aliphatic rings. The molecule has 2 aromatic rings. The molecule has 0 N–H and O–H groups in total. The minimum absolute atomic E-state index is 0.0913. The highest BCUT2D eigenvalue weighted by Gasteiger charge is 2.35. The van der Waals surface area contributed by atoms with Crippen LogP contribution in [0.3, 0.4) is 0 Å². The number of piperazine rings is 1. The fourth-order valence-corrected chi connectivity index (χ4v) is 4.57. The first-order valence-corrected chi connectivity index (χ1v) is 9.53. The third-order valence-electron chi connectivity index (χ3n) is 4.65. The van der Waals surface area contributed by atoms with Crippen molar-refractivity contribution in [1.29, 1.82) is 0 Å².